The second kappa shape index (κ2) is 11.3. The molecule has 0 saturated heterocycles. The number of hydrogen-bond acceptors (Lipinski definition) is 6. The minimum Gasteiger partial charge on any atom is -0.385 e. The molecule has 1 N–H and O–H groups in total. The van der Waals surface area contributed by atoms with Crippen molar-refractivity contribution in [3.05, 3.63) is 59.1 Å². The average Bonchev–Trinajstić information content (AvgIpc) is 3.16. The third-order valence-electron chi connectivity index (χ3n) is 4.78. The van der Waals surface area contributed by atoms with Gasteiger partial charge >= 0.3 is 0 Å². The van der Waals surface area contributed by atoms with E-state index in [-0.39, 0.29) is 11.7 Å². The van der Waals surface area contributed by atoms with Crippen LogP contribution in [0.4, 0.5) is 5.69 Å². The zero-order chi connectivity index (χ0) is 23.1. The number of carbonyl (C=O) groups excluding carboxylic acids is 2. The summed E-state index contributed by atoms with van der Waals surface area (Å²) in [4.78, 5) is 24.7. The molecular formula is C23H25ClN4O3S. The molecule has 3 rings (SSSR count). The van der Waals surface area contributed by atoms with Crippen LogP contribution in [-0.4, -0.2) is 45.4 Å². The number of amides is 1. The Balaban J connectivity index is 1.82. The van der Waals surface area contributed by atoms with Crippen molar-refractivity contribution in [1.82, 2.24) is 14.8 Å². The third kappa shape index (κ3) is 5.76. The van der Waals surface area contributed by atoms with Crippen LogP contribution in [0.3, 0.4) is 0 Å². The van der Waals surface area contributed by atoms with E-state index in [1.54, 1.807) is 44.4 Å². The lowest BCUT2D eigenvalue weighted by Gasteiger charge is -2.15. The molecule has 0 aliphatic carbocycles. The number of Topliss-reactive ketones (excluding diaryl/α,β-unsaturated/α-hetero) is 1. The summed E-state index contributed by atoms with van der Waals surface area (Å²) in [6.07, 6.45) is 0.756. The Kier molecular flexibility index (Phi) is 8.44. The first-order valence-corrected chi connectivity index (χ1v) is 11.4. The van der Waals surface area contributed by atoms with Gasteiger partial charge in [-0.05, 0) is 44.5 Å². The zero-order valence-electron chi connectivity index (χ0n) is 18.2. The second-order valence-electron chi connectivity index (χ2n) is 7.14. The highest BCUT2D eigenvalue weighted by Crippen LogP contribution is 2.31. The number of nitrogens with one attached hydrogen (secondary N) is 1. The maximum atomic E-state index is 12.9. The van der Waals surface area contributed by atoms with Crippen molar-refractivity contribution in [2.45, 2.75) is 37.2 Å². The SMILES string of the molecule is COCCCn1c(SC(C)C(=O)Nc2ccccc2C(C)=O)nnc1-c1ccccc1Cl. The first-order valence-electron chi connectivity index (χ1n) is 10.2. The Morgan fingerprint density at radius 2 is 1.88 bits per heavy atom. The van der Waals surface area contributed by atoms with Crippen molar-refractivity contribution in [1.29, 1.82) is 0 Å². The Hall–Kier alpha value is -2.68. The predicted molar refractivity (Wildman–Crippen MR) is 127 cm³/mol. The Morgan fingerprint density at radius 3 is 2.59 bits per heavy atom. The van der Waals surface area contributed by atoms with E-state index in [9.17, 15) is 9.59 Å². The number of aromatic nitrogens is 3. The highest BCUT2D eigenvalue weighted by molar-refractivity contribution is 8.00. The van der Waals surface area contributed by atoms with E-state index in [2.05, 4.69) is 15.5 Å². The molecule has 1 unspecified atom stereocenters. The Morgan fingerprint density at radius 1 is 1.16 bits per heavy atom. The summed E-state index contributed by atoms with van der Waals surface area (Å²) >= 11 is 7.68. The number of nitrogens with zero attached hydrogens (tertiary/aromatic N) is 3. The van der Waals surface area contributed by atoms with Crippen LogP contribution in [0.2, 0.25) is 5.02 Å². The molecule has 1 heterocycles. The summed E-state index contributed by atoms with van der Waals surface area (Å²) in [5, 5.41) is 12.2. The van der Waals surface area contributed by atoms with Gasteiger partial charge in [0, 0.05) is 31.4 Å². The van der Waals surface area contributed by atoms with Crippen molar-refractivity contribution in [3.8, 4) is 11.4 Å². The van der Waals surface area contributed by atoms with Gasteiger partial charge in [0.25, 0.3) is 0 Å². The van der Waals surface area contributed by atoms with E-state index >= 15 is 0 Å². The topological polar surface area (TPSA) is 86.1 Å². The molecule has 9 heteroatoms. The van der Waals surface area contributed by atoms with Crippen LogP contribution in [0.1, 0.15) is 30.6 Å². The second-order valence-corrected chi connectivity index (χ2v) is 8.85. The van der Waals surface area contributed by atoms with Crippen molar-refractivity contribution < 1.29 is 14.3 Å². The molecule has 0 spiro atoms. The maximum Gasteiger partial charge on any atom is 0.237 e. The number of benzene rings is 2. The molecule has 0 saturated carbocycles. The summed E-state index contributed by atoms with van der Waals surface area (Å²) in [5.74, 6) is 0.307. The van der Waals surface area contributed by atoms with Gasteiger partial charge in [-0.1, -0.05) is 47.6 Å². The maximum absolute atomic E-state index is 12.9. The van der Waals surface area contributed by atoms with Gasteiger partial charge in [-0.25, -0.2) is 0 Å². The van der Waals surface area contributed by atoms with E-state index in [4.69, 9.17) is 16.3 Å². The van der Waals surface area contributed by atoms with Crippen molar-refractivity contribution >= 4 is 40.7 Å². The highest BCUT2D eigenvalue weighted by Gasteiger charge is 2.22. The number of hydrogen-bond donors (Lipinski definition) is 1. The molecule has 0 aliphatic heterocycles. The van der Waals surface area contributed by atoms with Gasteiger partial charge in [-0.2, -0.15) is 0 Å². The number of ketones is 1. The molecule has 0 aliphatic rings. The fraction of sp³-hybridized carbons (Fsp3) is 0.304. The van der Waals surface area contributed by atoms with Crippen LogP contribution in [-0.2, 0) is 16.1 Å². The van der Waals surface area contributed by atoms with E-state index in [1.807, 2.05) is 22.8 Å². The lowest BCUT2D eigenvalue weighted by molar-refractivity contribution is -0.115. The molecule has 1 atom stereocenters. The average molecular weight is 473 g/mol. The monoisotopic (exact) mass is 472 g/mol. The molecule has 0 fully saturated rings. The summed E-state index contributed by atoms with van der Waals surface area (Å²) < 4.78 is 7.14. The number of methoxy groups -OCH3 is 1. The van der Waals surface area contributed by atoms with Crippen LogP contribution >= 0.6 is 23.4 Å². The molecule has 168 valence electrons. The summed E-state index contributed by atoms with van der Waals surface area (Å²) in [6, 6.07) is 14.4. The first-order chi connectivity index (χ1) is 15.4. The van der Waals surface area contributed by atoms with Crippen LogP contribution in [0.15, 0.2) is 53.7 Å². The molecule has 1 aromatic heterocycles. The van der Waals surface area contributed by atoms with Crippen molar-refractivity contribution in [2.24, 2.45) is 0 Å². The lowest BCUT2D eigenvalue weighted by atomic mass is 10.1. The van der Waals surface area contributed by atoms with Crippen molar-refractivity contribution in [3.63, 3.8) is 0 Å². The number of ether oxygens (including phenoxy) is 1. The molecule has 3 aromatic rings. The fourth-order valence-corrected chi connectivity index (χ4v) is 4.23. The number of carbonyl (C=O) groups is 2. The van der Waals surface area contributed by atoms with E-state index in [1.165, 1.54) is 18.7 Å². The smallest absolute Gasteiger partial charge is 0.237 e. The quantitative estimate of drug-likeness (QED) is 0.255. The minimum absolute atomic E-state index is 0.108. The number of para-hydroxylation sites is 1. The van der Waals surface area contributed by atoms with E-state index in [0.29, 0.717) is 40.4 Å². The van der Waals surface area contributed by atoms with Crippen LogP contribution in [0.5, 0.6) is 0 Å². The molecule has 0 radical (unpaired) electrons. The minimum atomic E-state index is -0.473. The van der Waals surface area contributed by atoms with Crippen LogP contribution in [0, 0.1) is 0 Å². The number of thioether (sulfide) groups is 1. The Labute approximate surface area is 196 Å². The predicted octanol–water partition coefficient (Wildman–Crippen LogP) is 4.96. The van der Waals surface area contributed by atoms with Gasteiger partial charge in [0.15, 0.2) is 16.8 Å². The number of rotatable bonds is 10. The van der Waals surface area contributed by atoms with Gasteiger partial charge in [0.2, 0.25) is 5.91 Å². The van der Waals surface area contributed by atoms with Gasteiger partial charge in [0.1, 0.15) is 0 Å². The molecule has 7 nitrogen and oxygen atoms in total. The van der Waals surface area contributed by atoms with Gasteiger partial charge < -0.3 is 14.6 Å². The van der Waals surface area contributed by atoms with Gasteiger partial charge in [0.05, 0.1) is 16.0 Å². The summed E-state index contributed by atoms with van der Waals surface area (Å²) in [5.41, 5.74) is 1.75. The fourth-order valence-electron chi connectivity index (χ4n) is 3.13. The standard InChI is InChI=1S/C23H25ClN4O3S/c1-15(29)17-9-5-7-12-20(17)25-22(30)16(2)32-23-27-26-21(28(23)13-8-14-31-3)18-10-4-6-11-19(18)24/h4-7,9-12,16H,8,13-14H2,1-3H3,(H,25,30). The third-order valence-corrected chi connectivity index (χ3v) is 6.19. The molecule has 1 amide bonds. The van der Waals surface area contributed by atoms with Gasteiger partial charge in [-0.3, -0.25) is 9.59 Å². The largest absolute Gasteiger partial charge is 0.385 e. The molecular weight excluding hydrogens is 448 g/mol. The first kappa shape index (κ1) is 24.0. The Bertz CT molecular complexity index is 1100. The normalized spacial score (nSPS) is 11.9. The van der Waals surface area contributed by atoms with Crippen molar-refractivity contribution in [2.75, 3.05) is 19.0 Å². The molecule has 0 bridgehead atoms. The molecule has 32 heavy (non-hydrogen) atoms. The molecule has 2 aromatic carbocycles. The number of halogens is 1. The van der Waals surface area contributed by atoms with Crippen LogP contribution < -0.4 is 5.32 Å². The summed E-state index contributed by atoms with van der Waals surface area (Å²) in [6.45, 7) is 4.47. The highest BCUT2D eigenvalue weighted by atomic mass is 35.5. The zero-order valence-corrected chi connectivity index (χ0v) is 19.7. The lowest BCUT2D eigenvalue weighted by Crippen LogP contribution is -2.24. The van der Waals surface area contributed by atoms with Crippen LogP contribution in [0.25, 0.3) is 11.4 Å². The van der Waals surface area contributed by atoms with E-state index in [0.717, 1.165) is 12.0 Å². The van der Waals surface area contributed by atoms with Gasteiger partial charge in [-0.15, -0.1) is 10.2 Å². The van der Waals surface area contributed by atoms with E-state index < -0.39 is 5.25 Å². The summed E-state index contributed by atoms with van der Waals surface area (Å²) in [7, 11) is 1.65. The number of anilines is 1.